The molecule has 0 radical (unpaired) electrons. The lowest BCUT2D eigenvalue weighted by Gasteiger charge is -2.23. The number of quaternary nitrogens is 1. The summed E-state index contributed by atoms with van der Waals surface area (Å²) < 4.78 is 5.40. The van der Waals surface area contributed by atoms with Crippen molar-refractivity contribution in [1.29, 1.82) is 0 Å². The lowest BCUT2D eigenvalue weighted by molar-refractivity contribution is -0.861. The Morgan fingerprint density at radius 3 is 2.24 bits per heavy atom. The highest BCUT2D eigenvalue weighted by molar-refractivity contribution is 7.69. The topological polar surface area (TPSA) is 63.6 Å². The summed E-state index contributed by atoms with van der Waals surface area (Å²) in [5, 5.41) is 0. The number of esters is 1. The van der Waals surface area contributed by atoms with Gasteiger partial charge >= 0.3 is 5.97 Å². The molecule has 0 heterocycles. The van der Waals surface area contributed by atoms with Crippen LogP contribution in [0.4, 0.5) is 0 Å². The van der Waals surface area contributed by atoms with Crippen LogP contribution in [0.2, 0.25) is 0 Å². The molecule has 100 valence electrons. The zero-order chi connectivity index (χ0) is 13.6. The molecule has 0 aliphatic rings. The zero-order valence-electron chi connectivity index (χ0n) is 11.3. The number of nitrogens with zero attached hydrogens (tertiary/aromatic N) is 1. The zero-order valence-corrected chi connectivity index (χ0v) is 12.2. The van der Waals surface area contributed by atoms with E-state index in [0.29, 0.717) is 11.0 Å². The molecule has 0 saturated heterocycles. The molecule has 0 rings (SSSR count). The van der Waals surface area contributed by atoms with E-state index in [2.05, 4.69) is 0 Å². The first-order chi connectivity index (χ1) is 7.63. The van der Waals surface area contributed by atoms with Gasteiger partial charge in [0.05, 0.1) is 33.7 Å². The first-order valence-corrected chi connectivity index (χ1v) is 7.08. The van der Waals surface area contributed by atoms with E-state index >= 15 is 0 Å². The van der Waals surface area contributed by atoms with Crippen LogP contribution >= 0.6 is 8.15 Å². The predicted octanol–water partition coefficient (Wildman–Crippen LogP) is 0.808. The number of carbonyl (C=O) groups excluding carboxylic acids is 2. The fourth-order valence-corrected chi connectivity index (χ4v) is 2.11. The molecule has 0 aromatic heterocycles. The van der Waals surface area contributed by atoms with E-state index in [1.807, 2.05) is 21.1 Å². The van der Waals surface area contributed by atoms with Crippen molar-refractivity contribution in [3.8, 4) is 0 Å². The average molecular weight is 264 g/mol. The Bertz CT molecular complexity index is 273. The summed E-state index contributed by atoms with van der Waals surface area (Å²) in [6.45, 7) is 3.89. The minimum Gasteiger partial charge on any atom is -0.465 e. The molecule has 0 aliphatic carbocycles. The highest BCUT2D eigenvalue weighted by atomic mass is 31.1. The van der Waals surface area contributed by atoms with Gasteiger partial charge in [0, 0.05) is 6.16 Å². The van der Waals surface area contributed by atoms with E-state index < -0.39 is 8.15 Å². The lowest BCUT2D eigenvalue weighted by Crippen LogP contribution is -2.39. The molecule has 5 nitrogen and oxygen atoms in total. The van der Waals surface area contributed by atoms with Gasteiger partial charge in [-0.2, -0.15) is 0 Å². The Morgan fingerprint density at radius 1 is 1.29 bits per heavy atom. The quantitative estimate of drug-likeness (QED) is 0.420. The van der Waals surface area contributed by atoms with Crippen LogP contribution in [0, 0.1) is 5.92 Å². The first kappa shape index (κ1) is 16.5. The van der Waals surface area contributed by atoms with Crippen LogP contribution in [0.15, 0.2) is 0 Å². The van der Waals surface area contributed by atoms with Crippen molar-refractivity contribution in [2.24, 2.45) is 5.92 Å². The molecule has 0 fully saturated rings. The van der Waals surface area contributed by atoms with E-state index in [-0.39, 0.29) is 30.2 Å². The van der Waals surface area contributed by atoms with E-state index in [1.54, 1.807) is 13.8 Å². The molecule has 0 bridgehead atoms. The smallest absolute Gasteiger partial charge is 0.308 e. The molecule has 17 heavy (non-hydrogen) atoms. The summed E-state index contributed by atoms with van der Waals surface area (Å²) >= 11 is 0. The van der Waals surface area contributed by atoms with Crippen molar-refractivity contribution in [1.82, 2.24) is 0 Å². The molecule has 1 atom stereocenters. The van der Waals surface area contributed by atoms with Crippen molar-refractivity contribution >= 4 is 19.6 Å². The Hall–Kier alpha value is -0.510. The Morgan fingerprint density at radius 2 is 1.82 bits per heavy atom. The summed E-state index contributed by atoms with van der Waals surface area (Å²) in [7, 11) is 3.98. The summed E-state index contributed by atoms with van der Waals surface area (Å²) in [6.07, 6.45) is 0.229. The normalized spacial score (nSPS) is 13.6. The van der Waals surface area contributed by atoms with Crippen LogP contribution in [0.5, 0.6) is 0 Å². The molecule has 1 N–H and O–H groups in total. The molecule has 0 aromatic carbocycles. The van der Waals surface area contributed by atoms with Gasteiger partial charge in [0.2, 0.25) is 5.52 Å². The van der Waals surface area contributed by atoms with E-state index in [0.717, 1.165) is 0 Å². The summed E-state index contributed by atoms with van der Waals surface area (Å²) in [5.41, 5.74) is -0.159. The van der Waals surface area contributed by atoms with Crippen LogP contribution in [-0.2, 0) is 14.3 Å². The van der Waals surface area contributed by atoms with E-state index in [4.69, 9.17) is 4.74 Å². The van der Waals surface area contributed by atoms with Gasteiger partial charge in [-0.25, -0.2) is 0 Å². The van der Waals surface area contributed by atoms with Crippen LogP contribution in [0.3, 0.4) is 0 Å². The van der Waals surface area contributed by atoms with Crippen molar-refractivity contribution in [2.45, 2.75) is 13.8 Å². The van der Waals surface area contributed by atoms with Gasteiger partial charge < -0.3 is 14.1 Å². The Kier molecular flexibility index (Phi) is 6.83. The second-order valence-corrected chi connectivity index (χ2v) is 7.03. The minimum absolute atomic E-state index is 0.113. The second-order valence-electron chi connectivity index (χ2n) is 5.29. The molecule has 0 aliphatic heterocycles. The SMILES string of the molecule is CC(C)C(=O)OCCP(O)C(=O)C[N+](C)(C)C. The monoisotopic (exact) mass is 264 g/mol. The fourth-order valence-electron chi connectivity index (χ4n) is 1.01. The molecule has 0 aromatic rings. The highest BCUT2D eigenvalue weighted by Gasteiger charge is 2.22. The Balaban J connectivity index is 3.91. The molecule has 0 spiro atoms. The van der Waals surface area contributed by atoms with E-state index in [1.165, 1.54) is 0 Å². The molecule has 6 heteroatoms. The number of rotatable bonds is 7. The number of hydrogen-bond acceptors (Lipinski definition) is 4. The van der Waals surface area contributed by atoms with Crippen molar-refractivity contribution in [2.75, 3.05) is 40.5 Å². The van der Waals surface area contributed by atoms with Gasteiger partial charge in [-0.05, 0) is 0 Å². The third kappa shape index (κ3) is 8.25. The standard InChI is InChI=1S/C11H23NO4P/c1-9(2)11(14)16-6-7-17(15)10(13)8-12(3,4)5/h9,15H,6-8H2,1-5H3/q+1. The van der Waals surface area contributed by atoms with Gasteiger partial charge in [-0.1, -0.05) is 13.8 Å². The summed E-state index contributed by atoms with van der Waals surface area (Å²) in [5.74, 6) is -0.477. The predicted molar refractivity (Wildman–Crippen MR) is 67.7 cm³/mol. The third-order valence-corrected chi connectivity index (χ3v) is 3.24. The molecule has 0 saturated carbocycles. The number of likely N-dealkylation sites (N-methyl/N-ethyl adjacent to an activating group) is 1. The second kappa shape index (κ2) is 7.04. The summed E-state index contributed by atoms with van der Waals surface area (Å²) in [6, 6.07) is 0. The number of hydrogen-bond donors (Lipinski definition) is 1. The maximum atomic E-state index is 11.6. The van der Waals surface area contributed by atoms with Gasteiger partial charge in [-0.3, -0.25) is 9.59 Å². The maximum absolute atomic E-state index is 11.6. The minimum atomic E-state index is -1.69. The highest BCUT2D eigenvalue weighted by Crippen LogP contribution is 2.30. The molecule has 0 amide bonds. The van der Waals surface area contributed by atoms with Gasteiger partial charge in [0.15, 0.2) is 0 Å². The van der Waals surface area contributed by atoms with Crippen molar-refractivity contribution < 1.29 is 23.7 Å². The first-order valence-electron chi connectivity index (χ1n) is 5.60. The van der Waals surface area contributed by atoms with Crippen LogP contribution in [0.25, 0.3) is 0 Å². The summed E-state index contributed by atoms with van der Waals surface area (Å²) in [4.78, 5) is 32.4. The number of ether oxygens (including phenoxy) is 1. The van der Waals surface area contributed by atoms with Gasteiger partial charge in [0.1, 0.15) is 14.7 Å². The lowest BCUT2D eigenvalue weighted by atomic mass is 10.2. The molecular weight excluding hydrogens is 241 g/mol. The van der Waals surface area contributed by atoms with E-state index in [9.17, 15) is 14.5 Å². The fraction of sp³-hybridized carbons (Fsp3) is 0.818. The van der Waals surface area contributed by atoms with Crippen molar-refractivity contribution in [3.63, 3.8) is 0 Å². The van der Waals surface area contributed by atoms with Crippen LogP contribution in [-0.4, -0.2) is 61.3 Å². The van der Waals surface area contributed by atoms with Crippen LogP contribution in [0.1, 0.15) is 13.8 Å². The average Bonchev–Trinajstić information content (AvgIpc) is 2.14. The molecule has 1 unspecified atom stereocenters. The van der Waals surface area contributed by atoms with Crippen molar-refractivity contribution in [3.05, 3.63) is 0 Å². The van der Waals surface area contributed by atoms with Gasteiger partial charge in [-0.15, -0.1) is 0 Å². The molecular formula is C11H23NO4P+. The maximum Gasteiger partial charge on any atom is 0.308 e. The number of carbonyl (C=O) groups is 2. The van der Waals surface area contributed by atoms with Crippen LogP contribution < -0.4 is 0 Å². The van der Waals surface area contributed by atoms with Gasteiger partial charge in [0.25, 0.3) is 0 Å². The Labute approximate surface area is 104 Å². The largest absolute Gasteiger partial charge is 0.465 e. The third-order valence-electron chi connectivity index (χ3n) is 1.92.